The molecule has 8 heteroatoms. The third-order valence-corrected chi connectivity index (χ3v) is 5.90. The molecular formula is C19H23N5O2S. The second kappa shape index (κ2) is 7.19. The highest BCUT2D eigenvalue weighted by Crippen LogP contribution is 2.35. The maximum absolute atomic E-state index is 11.0. The molecule has 4 rings (SSSR count). The van der Waals surface area contributed by atoms with E-state index in [9.17, 15) is 4.79 Å². The Morgan fingerprint density at radius 1 is 1.41 bits per heavy atom. The van der Waals surface area contributed by atoms with E-state index in [0.29, 0.717) is 11.2 Å². The van der Waals surface area contributed by atoms with Gasteiger partial charge in [0.2, 0.25) is 10.1 Å². The number of carboxylic acid groups (broad SMARTS) is 1. The van der Waals surface area contributed by atoms with Gasteiger partial charge in [-0.1, -0.05) is 47.9 Å². The second-order valence-electron chi connectivity index (χ2n) is 7.13. The zero-order valence-corrected chi connectivity index (χ0v) is 16.3. The van der Waals surface area contributed by atoms with Crippen LogP contribution in [0.2, 0.25) is 0 Å². The summed E-state index contributed by atoms with van der Waals surface area (Å²) >= 11 is 1.40. The van der Waals surface area contributed by atoms with Gasteiger partial charge in [0.25, 0.3) is 0 Å². The predicted octanol–water partition coefficient (Wildman–Crippen LogP) is 3.64. The summed E-state index contributed by atoms with van der Waals surface area (Å²) in [4.78, 5) is 18.2. The molecule has 0 amide bonds. The molecule has 27 heavy (non-hydrogen) atoms. The molecule has 2 N–H and O–H groups in total. The van der Waals surface area contributed by atoms with Crippen molar-refractivity contribution in [3.8, 4) is 11.3 Å². The van der Waals surface area contributed by atoms with Crippen LogP contribution in [0.1, 0.15) is 31.2 Å². The number of aliphatic carboxylic acids is 1. The summed E-state index contributed by atoms with van der Waals surface area (Å²) < 4.78 is 1.83. The number of carboxylic acids is 1. The van der Waals surface area contributed by atoms with Crippen LogP contribution in [0, 0.1) is 6.92 Å². The molecule has 1 saturated carbocycles. The maximum Gasteiger partial charge on any atom is 0.323 e. The SMILES string of the molecule is Cc1cccc(-c2nc3sc(N(C)CC(=O)O)nn3c2NC2CCCC2)c1. The molecule has 0 aliphatic heterocycles. The normalized spacial score (nSPS) is 14.7. The van der Waals surface area contributed by atoms with E-state index in [-0.39, 0.29) is 6.54 Å². The maximum atomic E-state index is 11.0. The molecule has 3 aromatic rings. The lowest BCUT2D eigenvalue weighted by atomic mass is 10.1. The zero-order valence-electron chi connectivity index (χ0n) is 15.5. The van der Waals surface area contributed by atoms with Crippen LogP contribution in [0.25, 0.3) is 16.2 Å². The van der Waals surface area contributed by atoms with Gasteiger partial charge in [-0.25, -0.2) is 4.98 Å². The lowest BCUT2D eigenvalue weighted by Crippen LogP contribution is -2.25. The molecule has 0 bridgehead atoms. The van der Waals surface area contributed by atoms with Crippen molar-refractivity contribution in [3.63, 3.8) is 0 Å². The molecule has 0 radical (unpaired) electrons. The van der Waals surface area contributed by atoms with Gasteiger partial charge < -0.3 is 15.3 Å². The standard InChI is InChI=1S/C19H23N5O2S/c1-12-6-5-7-13(10-12)16-17(20-14-8-3-4-9-14)24-18(21-16)27-19(22-24)23(2)11-15(25)26/h5-7,10,14,20H,3-4,8-9,11H2,1-2H3,(H,25,26). The zero-order chi connectivity index (χ0) is 19.0. The van der Waals surface area contributed by atoms with Gasteiger partial charge in [-0.3, -0.25) is 4.79 Å². The van der Waals surface area contributed by atoms with E-state index in [2.05, 4.69) is 35.5 Å². The largest absolute Gasteiger partial charge is 0.480 e. The quantitative estimate of drug-likeness (QED) is 0.674. The van der Waals surface area contributed by atoms with E-state index in [1.165, 1.54) is 29.7 Å². The van der Waals surface area contributed by atoms with Crippen LogP contribution in [0.3, 0.4) is 0 Å². The van der Waals surface area contributed by atoms with Crippen LogP contribution in [-0.2, 0) is 4.79 Å². The number of aromatic nitrogens is 3. The van der Waals surface area contributed by atoms with E-state index in [4.69, 9.17) is 10.1 Å². The van der Waals surface area contributed by atoms with Crippen molar-refractivity contribution in [1.82, 2.24) is 14.6 Å². The Balaban J connectivity index is 1.77. The van der Waals surface area contributed by atoms with Crippen molar-refractivity contribution in [2.45, 2.75) is 38.6 Å². The Morgan fingerprint density at radius 3 is 2.89 bits per heavy atom. The van der Waals surface area contributed by atoms with Crippen molar-refractivity contribution >= 4 is 33.2 Å². The Morgan fingerprint density at radius 2 is 2.19 bits per heavy atom. The number of aryl methyl sites for hydroxylation is 1. The molecule has 0 spiro atoms. The highest BCUT2D eigenvalue weighted by Gasteiger charge is 2.23. The number of carbonyl (C=O) groups is 1. The molecule has 0 unspecified atom stereocenters. The molecule has 0 saturated heterocycles. The molecule has 0 atom stereocenters. The Bertz CT molecular complexity index is 974. The number of anilines is 2. The Kier molecular flexibility index (Phi) is 4.73. The molecule has 142 valence electrons. The van der Waals surface area contributed by atoms with Crippen LogP contribution in [0.4, 0.5) is 10.9 Å². The van der Waals surface area contributed by atoms with Gasteiger partial charge >= 0.3 is 5.97 Å². The molecule has 1 aromatic carbocycles. The number of fused-ring (bicyclic) bond motifs is 1. The molecule has 2 heterocycles. The van der Waals surface area contributed by atoms with Crippen molar-refractivity contribution in [1.29, 1.82) is 0 Å². The van der Waals surface area contributed by atoms with Crippen LogP contribution < -0.4 is 10.2 Å². The summed E-state index contributed by atoms with van der Waals surface area (Å²) in [6.07, 6.45) is 4.78. The number of hydrogen-bond acceptors (Lipinski definition) is 6. The minimum absolute atomic E-state index is 0.0905. The van der Waals surface area contributed by atoms with Crippen molar-refractivity contribution in [3.05, 3.63) is 29.8 Å². The first kappa shape index (κ1) is 17.8. The third kappa shape index (κ3) is 3.62. The smallest absolute Gasteiger partial charge is 0.323 e. The lowest BCUT2D eigenvalue weighted by molar-refractivity contribution is -0.135. The molecular weight excluding hydrogens is 362 g/mol. The summed E-state index contributed by atoms with van der Waals surface area (Å²) in [7, 11) is 1.73. The number of hydrogen-bond donors (Lipinski definition) is 2. The van der Waals surface area contributed by atoms with Crippen LogP contribution in [-0.4, -0.2) is 45.3 Å². The Labute approximate surface area is 161 Å². The fourth-order valence-corrected chi connectivity index (χ4v) is 4.41. The van der Waals surface area contributed by atoms with Gasteiger partial charge in [0.15, 0.2) is 5.82 Å². The molecule has 7 nitrogen and oxygen atoms in total. The number of nitrogens with one attached hydrogen (secondary N) is 1. The average molecular weight is 385 g/mol. The topological polar surface area (TPSA) is 82.8 Å². The summed E-state index contributed by atoms with van der Waals surface area (Å²) in [6, 6.07) is 8.73. The van der Waals surface area contributed by atoms with Gasteiger partial charge in [-0.2, -0.15) is 4.52 Å². The monoisotopic (exact) mass is 385 g/mol. The molecule has 1 aliphatic rings. The fourth-order valence-electron chi connectivity index (χ4n) is 3.55. The Hall–Kier alpha value is -2.61. The number of imidazole rings is 1. The fraction of sp³-hybridized carbons (Fsp3) is 0.421. The summed E-state index contributed by atoms with van der Waals surface area (Å²) in [5, 5.41) is 18.0. The summed E-state index contributed by atoms with van der Waals surface area (Å²) in [5.74, 6) is 0.0174. The second-order valence-corrected chi connectivity index (χ2v) is 8.07. The average Bonchev–Trinajstić information content (AvgIpc) is 3.32. The van der Waals surface area contributed by atoms with Crippen LogP contribution in [0.5, 0.6) is 0 Å². The van der Waals surface area contributed by atoms with Crippen molar-refractivity contribution < 1.29 is 9.90 Å². The minimum Gasteiger partial charge on any atom is -0.480 e. The van der Waals surface area contributed by atoms with Gasteiger partial charge in [0, 0.05) is 18.7 Å². The minimum atomic E-state index is -0.880. The lowest BCUT2D eigenvalue weighted by Gasteiger charge is -2.14. The predicted molar refractivity (Wildman–Crippen MR) is 108 cm³/mol. The van der Waals surface area contributed by atoms with Crippen LogP contribution >= 0.6 is 11.3 Å². The van der Waals surface area contributed by atoms with Gasteiger partial charge in [-0.15, -0.1) is 5.10 Å². The molecule has 1 aliphatic carbocycles. The first-order chi connectivity index (χ1) is 13.0. The first-order valence-corrected chi connectivity index (χ1v) is 9.99. The number of benzene rings is 1. The number of nitrogens with zero attached hydrogens (tertiary/aromatic N) is 4. The summed E-state index contributed by atoms with van der Waals surface area (Å²) in [5.41, 5.74) is 3.15. The van der Waals surface area contributed by atoms with E-state index >= 15 is 0 Å². The first-order valence-electron chi connectivity index (χ1n) is 9.17. The highest BCUT2D eigenvalue weighted by molar-refractivity contribution is 7.20. The van der Waals surface area contributed by atoms with Gasteiger partial charge in [0.05, 0.1) is 0 Å². The van der Waals surface area contributed by atoms with E-state index < -0.39 is 5.97 Å². The van der Waals surface area contributed by atoms with Crippen LogP contribution in [0.15, 0.2) is 24.3 Å². The van der Waals surface area contributed by atoms with Gasteiger partial charge in [0.1, 0.15) is 12.2 Å². The molecule has 2 aromatic heterocycles. The van der Waals surface area contributed by atoms with Crippen molar-refractivity contribution in [2.75, 3.05) is 23.8 Å². The number of likely N-dealkylation sites (N-methyl/N-ethyl adjacent to an activating group) is 1. The van der Waals surface area contributed by atoms with E-state index in [1.54, 1.807) is 11.9 Å². The third-order valence-electron chi connectivity index (χ3n) is 4.88. The van der Waals surface area contributed by atoms with Gasteiger partial charge in [-0.05, 0) is 25.8 Å². The van der Waals surface area contributed by atoms with E-state index in [0.717, 1.165) is 34.9 Å². The van der Waals surface area contributed by atoms with E-state index in [1.807, 2.05) is 10.6 Å². The molecule has 1 fully saturated rings. The van der Waals surface area contributed by atoms with Crippen molar-refractivity contribution in [2.24, 2.45) is 0 Å². The highest BCUT2D eigenvalue weighted by atomic mass is 32.1. The number of rotatable bonds is 6. The summed E-state index contributed by atoms with van der Waals surface area (Å²) in [6.45, 7) is 1.98.